The van der Waals surface area contributed by atoms with Crippen LogP contribution in [0.4, 0.5) is 5.13 Å². The maximum Gasteiger partial charge on any atom is 0.258 e. The number of rotatable bonds is 5. The van der Waals surface area contributed by atoms with Crippen molar-refractivity contribution >= 4 is 22.4 Å². The predicted octanol–water partition coefficient (Wildman–Crippen LogP) is 3.78. The van der Waals surface area contributed by atoms with Gasteiger partial charge in [0.2, 0.25) is 0 Å². The number of nitrogens with zero attached hydrogens (tertiary/aromatic N) is 2. The first-order valence-corrected chi connectivity index (χ1v) is 9.31. The molecule has 1 amide bonds. The summed E-state index contributed by atoms with van der Waals surface area (Å²) in [6.07, 6.45) is 2.57. The van der Waals surface area contributed by atoms with Gasteiger partial charge < -0.3 is 4.57 Å². The Morgan fingerprint density at radius 3 is 2.42 bits per heavy atom. The maximum absolute atomic E-state index is 12.5. The van der Waals surface area contributed by atoms with Crippen LogP contribution in [0.5, 0.6) is 0 Å². The molecule has 0 fully saturated rings. The fourth-order valence-corrected chi connectivity index (χ4v) is 3.37. The summed E-state index contributed by atoms with van der Waals surface area (Å²) in [5.74, 6) is -0.270. The molecular weight excluding hydrogens is 346 g/mol. The summed E-state index contributed by atoms with van der Waals surface area (Å²) in [5.41, 5.74) is 3.48. The zero-order chi connectivity index (χ0) is 18.7. The Bertz CT molecular complexity index is 968. The molecule has 2 heterocycles. The van der Waals surface area contributed by atoms with Gasteiger partial charge in [-0.15, -0.1) is 11.3 Å². The molecule has 2 aromatic heterocycles. The summed E-state index contributed by atoms with van der Waals surface area (Å²) in [4.78, 5) is 30.0. The second kappa shape index (κ2) is 7.66. The van der Waals surface area contributed by atoms with Gasteiger partial charge in [-0.05, 0) is 37.5 Å². The number of hydrogen-bond acceptors (Lipinski definition) is 4. The first-order chi connectivity index (χ1) is 12.5. The molecule has 1 aromatic carbocycles. The van der Waals surface area contributed by atoms with E-state index < -0.39 is 0 Å². The molecule has 3 rings (SSSR count). The minimum atomic E-state index is -0.270. The second-order valence-corrected chi connectivity index (χ2v) is 7.37. The van der Waals surface area contributed by atoms with Gasteiger partial charge >= 0.3 is 0 Å². The molecule has 6 heteroatoms. The Balaban J connectivity index is 1.79. The normalized spacial score (nSPS) is 10.7. The third-order valence-electron chi connectivity index (χ3n) is 4.28. The molecule has 26 heavy (non-hydrogen) atoms. The highest BCUT2D eigenvalue weighted by Gasteiger charge is 2.11. The molecule has 5 nitrogen and oxygen atoms in total. The van der Waals surface area contributed by atoms with E-state index in [0.29, 0.717) is 17.2 Å². The highest BCUT2D eigenvalue weighted by molar-refractivity contribution is 7.15. The van der Waals surface area contributed by atoms with Crippen LogP contribution < -0.4 is 10.9 Å². The van der Waals surface area contributed by atoms with Gasteiger partial charge in [-0.3, -0.25) is 14.9 Å². The molecule has 0 saturated carbocycles. The van der Waals surface area contributed by atoms with Crippen molar-refractivity contribution in [3.8, 4) is 0 Å². The van der Waals surface area contributed by atoms with E-state index >= 15 is 0 Å². The summed E-state index contributed by atoms with van der Waals surface area (Å²) in [5, 5.41) is 3.37. The molecule has 0 bridgehead atoms. The molecule has 0 aliphatic rings. The van der Waals surface area contributed by atoms with Gasteiger partial charge in [-0.1, -0.05) is 31.2 Å². The number of benzene rings is 1. The smallest absolute Gasteiger partial charge is 0.258 e. The number of carbonyl (C=O) groups excluding carboxylic acids is 1. The van der Waals surface area contributed by atoms with Crippen molar-refractivity contribution in [3.05, 3.63) is 80.2 Å². The van der Waals surface area contributed by atoms with Crippen LogP contribution in [0.15, 0.2) is 47.4 Å². The Kier molecular flexibility index (Phi) is 5.32. The van der Waals surface area contributed by atoms with E-state index in [1.54, 1.807) is 16.8 Å². The van der Waals surface area contributed by atoms with Gasteiger partial charge in [-0.25, -0.2) is 4.98 Å². The van der Waals surface area contributed by atoms with Crippen molar-refractivity contribution in [2.45, 2.75) is 33.7 Å². The van der Waals surface area contributed by atoms with Gasteiger partial charge in [0.05, 0.1) is 17.8 Å². The number of anilines is 1. The first kappa shape index (κ1) is 18.1. The van der Waals surface area contributed by atoms with Crippen LogP contribution >= 0.6 is 11.3 Å². The van der Waals surface area contributed by atoms with Gasteiger partial charge in [0.25, 0.3) is 11.5 Å². The Labute approximate surface area is 156 Å². The zero-order valence-corrected chi connectivity index (χ0v) is 15.9. The van der Waals surface area contributed by atoms with Crippen LogP contribution in [0, 0.1) is 13.8 Å². The van der Waals surface area contributed by atoms with Crippen LogP contribution in [0.1, 0.15) is 39.0 Å². The molecular formula is C20H21N3O2S. The molecule has 0 aliphatic heterocycles. The molecule has 3 aromatic rings. The third kappa shape index (κ3) is 4.08. The number of amides is 1. The van der Waals surface area contributed by atoms with Gasteiger partial charge in [0.1, 0.15) is 0 Å². The van der Waals surface area contributed by atoms with E-state index in [1.807, 2.05) is 26.0 Å². The Morgan fingerprint density at radius 1 is 1.12 bits per heavy atom. The van der Waals surface area contributed by atoms with Crippen LogP contribution in [0.25, 0.3) is 0 Å². The number of hydrogen-bond donors (Lipinski definition) is 1. The highest BCUT2D eigenvalue weighted by atomic mass is 32.1. The molecule has 0 radical (unpaired) electrons. The highest BCUT2D eigenvalue weighted by Crippen LogP contribution is 2.21. The predicted molar refractivity (Wildman–Crippen MR) is 105 cm³/mol. The third-order valence-corrected chi connectivity index (χ3v) is 5.27. The maximum atomic E-state index is 12.5. The zero-order valence-electron chi connectivity index (χ0n) is 15.1. The lowest BCUT2D eigenvalue weighted by molar-refractivity contribution is 0.102. The van der Waals surface area contributed by atoms with Crippen molar-refractivity contribution in [2.24, 2.45) is 0 Å². The second-order valence-electron chi connectivity index (χ2n) is 6.17. The van der Waals surface area contributed by atoms with E-state index in [0.717, 1.165) is 22.6 Å². The molecule has 1 N–H and O–H groups in total. The molecule has 0 spiro atoms. The van der Waals surface area contributed by atoms with Crippen molar-refractivity contribution < 1.29 is 4.79 Å². The molecule has 0 atom stereocenters. The summed E-state index contributed by atoms with van der Waals surface area (Å²) < 4.78 is 1.55. The lowest BCUT2D eigenvalue weighted by Gasteiger charge is -2.09. The lowest BCUT2D eigenvalue weighted by atomic mass is 10.1. The van der Waals surface area contributed by atoms with Crippen LogP contribution in [-0.2, 0) is 13.0 Å². The SMILES string of the molecule is CCc1ccc(Cn2cc(C(=O)Nc3nc(C)c(C)s3)ccc2=O)cc1. The van der Waals surface area contributed by atoms with Gasteiger partial charge in [-0.2, -0.15) is 0 Å². The largest absolute Gasteiger partial charge is 0.310 e. The fourth-order valence-electron chi connectivity index (χ4n) is 2.56. The number of aromatic nitrogens is 2. The average molecular weight is 367 g/mol. The first-order valence-electron chi connectivity index (χ1n) is 8.50. The van der Waals surface area contributed by atoms with Crippen molar-refractivity contribution in [2.75, 3.05) is 5.32 Å². The van der Waals surface area contributed by atoms with Crippen molar-refractivity contribution in [1.82, 2.24) is 9.55 Å². The lowest BCUT2D eigenvalue weighted by Crippen LogP contribution is -2.22. The molecule has 0 aliphatic carbocycles. The Morgan fingerprint density at radius 2 is 1.81 bits per heavy atom. The van der Waals surface area contributed by atoms with E-state index in [2.05, 4.69) is 29.4 Å². The average Bonchev–Trinajstić information content (AvgIpc) is 2.94. The van der Waals surface area contributed by atoms with Crippen LogP contribution in [0.2, 0.25) is 0 Å². The summed E-state index contributed by atoms with van der Waals surface area (Å²) in [7, 11) is 0. The summed E-state index contributed by atoms with van der Waals surface area (Å²) >= 11 is 1.44. The number of thiazole rings is 1. The number of nitrogens with one attached hydrogen (secondary N) is 1. The summed E-state index contributed by atoms with van der Waals surface area (Å²) in [6.45, 7) is 6.41. The van der Waals surface area contributed by atoms with Crippen molar-refractivity contribution in [1.29, 1.82) is 0 Å². The topological polar surface area (TPSA) is 64.0 Å². The van der Waals surface area contributed by atoms with Gasteiger partial charge in [0, 0.05) is 17.1 Å². The summed E-state index contributed by atoms with van der Waals surface area (Å²) in [6, 6.07) is 11.1. The quantitative estimate of drug-likeness (QED) is 0.746. The fraction of sp³-hybridized carbons (Fsp3) is 0.250. The van der Waals surface area contributed by atoms with E-state index in [-0.39, 0.29) is 11.5 Å². The van der Waals surface area contributed by atoms with Gasteiger partial charge in [0.15, 0.2) is 5.13 Å². The molecule has 134 valence electrons. The number of aryl methyl sites for hydroxylation is 3. The molecule has 0 saturated heterocycles. The standard InChI is InChI=1S/C20H21N3O2S/c1-4-15-5-7-16(8-6-15)11-23-12-17(9-10-18(23)24)19(25)22-20-21-13(2)14(3)26-20/h5-10,12H,4,11H2,1-3H3,(H,21,22,25). The van der Waals surface area contributed by atoms with Crippen molar-refractivity contribution in [3.63, 3.8) is 0 Å². The van der Waals surface area contributed by atoms with Crippen LogP contribution in [-0.4, -0.2) is 15.5 Å². The Hall–Kier alpha value is -2.73. The number of pyridine rings is 1. The minimum Gasteiger partial charge on any atom is -0.310 e. The minimum absolute atomic E-state index is 0.137. The van der Waals surface area contributed by atoms with E-state index in [1.165, 1.54) is 23.0 Å². The van der Waals surface area contributed by atoms with Crippen LogP contribution in [0.3, 0.4) is 0 Å². The van der Waals surface area contributed by atoms with E-state index in [9.17, 15) is 9.59 Å². The number of carbonyl (C=O) groups is 1. The van der Waals surface area contributed by atoms with E-state index in [4.69, 9.17) is 0 Å². The monoisotopic (exact) mass is 367 g/mol. The molecule has 0 unspecified atom stereocenters.